The van der Waals surface area contributed by atoms with Crippen LogP contribution in [-0.4, -0.2) is 38.5 Å². The predicted molar refractivity (Wildman–Crippen MR) is 123 cm³/mol. The number of nitrogens with one attached hydrogen (secondary N) is 3. The molecule has 3 aromatic heterocycles. The van der Waals surface area contributed by atoms with E-state index in [-0.39, 0.29) is 47.3 Å². The Balaban J connectivity index is 1.54. The Labute approximate surface area is 197 Å². The monoisotopic (exact) mass is 490 g/mol. The molecule has 1 saturated carbocycles. The van der Waals surface area contributed by atoms with E-state index in [0.29, 0.717) is 12.2 Å². The number of pyridine rings is 2. The maximum absolute atomic E-state index is 13.0. The molecule has 1 aliphatic carbocycles. The first kappa shape index (κ1) is 24.4. The van der Waals surface area contributed by atoms with Crippen molar-refractivity contribution in [3.63, 3.8) is 0 Å². The van der Waals surface area contributed by atoms with Crippen molar-refractivity contribution in [3.8, 4) is 0 Å². The first-order valence-electron chi connectivity index (χ1n) is 11.3. The van der Waals surface area contributed by atoms with Crippen LogP contribution in [0, 0.1) is 5.92 Å². The van der Waals surface area contributed by atoms with E-state index in [1.807, 2.05) is 13.8 Å². The van der Waals surface area contributed by atoms with Crippen LogP contribution in [0.25, 0.3) is 11.0 Å². The highest BCUT2D eigenvalue weighted by Gasteiger charge is 2.31. The molecule has 1 amide bonds. The summed E-state index contributed by atoms with van der Waals surface area (Å²) in [6.45, 7) is 4.50. The van der Waals surface area contributed by atoms with Gasteiger partial charge in [-0.1, -0.05) is 13.8 Å². The molecule has 0 bridgehead atoms. The third kappa shape index (κ3) is 5.52. The van der Waals surface area contributed by atoms with Gasteiger partial charge in [0.25, 0.3) is 11.5 Å². The van der Waals surface area contributed by atoms with Gasteiger partial charge in [0.15, 0.2) is 5.65 Å². The van der Waals surface area contributed by atoms with Crippen LogP contribution in [0.3, 0.4) is 0 Å². The van der Waals surface area contributed by atoms with Gasteiger partial charge in [-0.25, -0.2) is 14.8 Å². The summed E-state index contributed by atoms with van der Waals surface area (Å²) in [5.41, 5.74) is -1.13. The van der Waals surface area contributed by atoms with Gasteiger partial charge in [-0.2, -0.15) is 13.2 Å². The quantitative estimate of drug-likeness (QED) is 0.418. The molecule has 9 nitrogen and oxygen atoms in total. The van der Waals surface area contributed by atoms with Crippen molar-refractivity contribution in [1.82, 2.24) is 24.8 Å². The second-order valence-corrected chi connectivity index (χ2v) is 8.94. The highest BCUT2D eigenvalue weighted by Crippen LogP contribution is 2.40. The minimum atomic E-state index is -4.47. The molecule has 1 fully saturated rings. The van der Waals surface area contributed by atoms with Gasteiger partial charge in [0.1, 0.15) is 5.82 Å². The predicted octanol–water partition coefficient (Wildman–Crippen LogP) is 2.87. The molecule has 0 unspecified atom stereocenters. The van der Waals surface area contributed by atoms with E-state index in [4.69, 9.17) is 0 Å². The van der Waals surface area contributed by atoms with Gasteiger partial charge in [0, 0.05) is 37.4 Å². The lowest BCUT2D eigenvalue weighted by Crippen LogP contribution is -2.35. The number of hydrogen-bond donors (Lipinski definition) is 3. The van der Waals surface area contributed by atoms with Crippen LogP contribution in [0.4, 0.5) is 19.0 Å². The topological polar surface area (TPSA) is 122 Å². The maximum Gasteiger partial charge on any atom is 0.417 e. The molecule has 0 spiro atoms. The summed E-state index contributed by atoms with van der Waals surface area (Å²) in [4.78, 5) is 48.8. The van der Waals surface area contributed by atoms with Gasteiger partial charge < -0.3 is 10.6 Å². The summed E-state index contributed by atoms with van der Waals surface area (Å²) in [5.74, 6) is 0.00379. The summed E-state index contributed by atoms with van der Waals surface area (Å²) >= 11 is 0. The Morgan fingerprint density at radius 2 is 1.97 bits per heavy atom. The van der Waals surface area contributed by atoms with E-state index >= 15 is 0 Å². The molecule has 186 valence electrons. The smallest absolute Gasteiger partial charge is 0.368 e. The number of carbonyl (C=O) groups is 1. The van der Waals surface area contributed by atoms with Gasteiger partial charge in [0.05, 0.1) is 16.5 Å². The fourth-order valence-electron chi connectivity index (χ4n) is 3.72. The number of hydrogen-bond acceptors (Lipinski definition) is 6. The number of amides is 1. The second kappa shape index (κ2) is 9.51. The van der Waals surface area contributed by atoms with Crippen molar-refractivity contribution in [2.45, 2.75) is 45.3 Å². The van der Waals surface area contributed by atoms with E-state index in [0.717, 1.165) is 25.1 Å². The van der Waals surface area contributed by atoms with Gasteiger partial charge in [-0.05, 0) is 37.0 Å². The fraction of sp³-hybridized carbons (Fsp3) is 0.435. The van der Waals surface area contributed by atoms with Crippen molar-refractivity contribution < 1.29 is 18.0 Å². The number of aromatic nitrogens is 4. The van der Waals surface area contributed by atoms with Crippen LogP contribution in [-0.2, 0) is 12.7 Å². The normalized spacial score (nSPS) is 13.9. The Kier molecular flexibility index (Phi) is 6.64. The highest BCUT2D eigenvalue weighted by molar-refractivity contribution is 6.05. The Morgan fingerprint density at radius 1 is 1.23 bits per heavy atom. The molecule has 1 aliphatic rings. The van der Waals surface area contributed by atoms with Crippen LogP contribution < -0.4 is 21.9 Å². The summed E-state index contributed by atoms with van der Waals surface area (Å²) in [6.07, 6.45) is -1.90. The molecule has 3 N–H and O–H groups in total. The van der Waals surface area contributed by atoms with Crippen LogP contribution in [0.2, 0.25) is 0 Å². The number of rotatable bonds is 8. The van der Waals surface area contributed by atoms with Gasteiger partial charge in [0.2, 0.25) is 0 Å². The van der Waals surface area contributed by atoms with E-state index < -0.39 is 28.9 Å². The zero-order valence-corrected chi connectivity index (χ0v) is 19.2. The number of H-pyrrole nitrogens is 1. The van der Waals surface area contributed by atoms with Crippen LogP contribution in [0.15, 0.2) is 34.0 Å². The fourth-order valence-corrected chi connectivity index (χ4v) is 3.72. The zero-order chi connectivity index (χ0) is 25.3. The lowest BCUT2D eigenvalue weighted by atomic mass is 10.1. The van der Waals surface area contributed by atoms with Crippen molar-refractivity contribution in [2.75, 3.05) is 18.4 Å². The average molecular weight is 490 g/mol. The van der Waals surface area contributed by atoms with Crippen molar-refractivity contribution in [3.05, 3.63) is 62.1 Å². The molecule has 3 heterocycles. The summed E-state index contributed by atoms with van der Waals surface area (Å²) in [7, 11) is 0. The summed E-state index contributed by atoms with van der Waals surface area (Å²) in [6, 6.07) is 3.72. The van der Waals surface area contributed by atoms with Crippen molar-refractivity contribution >= 4 is 22.8 Å². The van der Waals surface area contributed by atoms with Gasteiger partial charge >= 0.3 is 11.9 Å². The van der Waals surface area contributed by atoms with Crippen LogP contribution in [0.5, 0.6) is 0 Å². The molecular formula is C23H25F3N6O3. The Morgan fingerprint density at radius 3 is 2.57 bits per heavy atom. The molecule has 0 radical (unpaired) electrons. The molecule has 3 aromatic rings. The second-order valence-electron chi connectivity index (χ2n) is 8.94. The average Bonchev–Trinajstić information content (AvgIpc) is 3.63. The summed E-state index contributed by atoms with van der Waals surface area (Å²) < 4.78 is 39.3. The summed E-state index contributed by atoms with van der Waals surface area (Å²) in [5, 5.41) is 5.59. The number of halogens is 3. The highest BCUT2D eigenvalue weighted by atomic mass is 19.4. The standard InChI is InChI=1S/C23H25F3N6O3/c1-12(2)11-32-19-18(21(34)31-22(32)35)15(9-16(30-19)13-3-4-13)20(33)28-8-7-27-17-6-5-14(10-29-17)23(24,25)26/h5-6,9-10,12-13H,3-4,7-8,11H2,1-2H3,(H,27,29)(H,28,33)(H,31,34,35). The van der Waals surface area contributed by atoms with Crippen molar-refractivity contribution in [1.29, 1.82) is 0 Å². The van der Waals surface area contributed by atoms with E-state index in [9.17, 15) is 27.6 Å². The number of nitrogens with zero attached hydrogens (tertiary/aromatic N) is 3. The van der Waals surface area contributed by atoms with E-state index in [2.05, 4.69) is 25.6 Å². The number of alkyl halides is 3. The molecule has 0 aromatic carbocycles. The minimum Gasteiger partial charge on any atom is -0.368 e. The first-order chi connectivity index (χ1) is 16.5. The molecular weight excluding hydrogens is 465 g/mol. The Hall–Kier alpha value is -3.70. The largest absolute Gasteiger partial charge is 0.417 e. The maximum atomic E-state index is 13.0. The zero-order valence-electron chi connectivity index (χ0n) is 19.2. The first-order valence-corrected chi connectivity index (χ1v) is 11.3. The third-order valence-corrected chi connectivity index (χ3v) is 5.56. The minimum absolute atomic E-state index is 0.0458. The van der Waals surface area contributed by atoms with Gasteiger partial charge in [-0.15, -0.1) is 0 Å². The number of carbonyl (C=O) groups excluding carboxylic acids is 1. The van der Waals surface area contributed by atoms with Crippen molar-refractivity contribution in [2.24, 2.45) is 5.92 Å². The number of fused-ring (bicyclic) bond motifs is 1. The van der Waals surface area contributed by atoms with Gasteiger partial charge in [-0.3, -0.25) is 19.1 Å². The van der Waals surface area contributed by atoms with Crippen LogP contribution in [0.1, 0.15) is 54.2 Å². The molecule has 35 heavy (non-hydrogen) atoms. The van der Waals surface area contributed by atoms with E-state index in [1.165, 1.54) is 10.6 Å². The van der Waals surface area contributed by atoms with E-state index in [1.54, 1.807) is 6.07 Å². The number of aromatic amines is 1. The Bertz CT molecular complexity index is 1360. The van der Waals surface area contributed by atoms with Crippen LogP contribution >= 0.6 is 0 Å². The molecule has 0 aliphatic heterocycles. The SMILES string of the molecule is CC(C)Cn1c(=O)[nH]c(=O)c2c(C(=O)NCCNc3ccc(C(F)(F)F)cn3)cc(C3CC3)nc21. The molecule has 4 rings (SSSR count). The number of anilines is 1. The lowest BCUT2D eigenvalue weighted by molar-refractivity contribution is -0.137. The lowest BCUT2D eigenvalue weighted by Gasteiger charge is -2.15. The molecule has 12 heteroatoms. The molecule has 0 atom stereocenters. The molecule has 0 saturated heterocycles. The third-order valence-electron chi connectivity index (χ3n) is 5.56.